The van der Waals surface area contributed by atoms with Crippen LogP contribution in [0, 0.1) is 0 Å². The number of ether oxygens (including phenoxy) is 1. The summed E-state index contributed by atoms with van der Waals surface area (Å²) in [7, 11) is -3.59. The Morgan fingerprint density at radius 3 is 2.53 bits per heavy atom. The first-order valence-electron chi connectivity index (χ1n) is 5.62. The molecule has 0 saturated carbocycles. The largest absolute Gasteiger partial charge is 0.456 e. The van der Waals surface area contributed by atoms with Gasteiger partial charge < -0.3 is 4.74 Å². The molecule has 1 aromatic rings. The second kappa shape index (κ2) is 5.44. The van der Waals surface area contributed by atoms with Crippen molar-refractivity contribution >= 4 is 21.7 Å². The van der Waals surface area contributed by atoms with Crippen molar-refractivity contribution in [3.63, 3.8) is 0 Å². The third-order valence-electron chi connectivity index (χ3n) is 1.98. The zero-order valence-electron chi connectivity index (χ0n) is 11.1. The summed E-state index contributed by atoms with van der Waals surface area (Å²) >= 11 is 0. The Balaban J connectivity index is 2.95. The minimum atomic E-state index is -3.59. The lowest BCUT2D eigenvalue weighted by atomic mass is 10.1. The van der Waals surface area contributed by atoms with E-state index in [4.69, 9.17) is 4.74 Å². The van der Waals surface area contributed by atoms with Gasteiger partial charge in [0.25, 0.3) is 10.0 Å². The first-order valence-corrected chi connectivity index (χ1v) is 7.16. The zero-order chi connectivity index (χ0) is 14.7. The molecule has 0 spiro atoms. The predicted molar refractivity (Wildman–Crippen MR) is 74.4 cm³/mol. The molecule has 0 aliphatic heterocycles. The number of nitrogens with one attached hydrogen (secondary N) is 1. The highest BCUT2D eigenvalue weighted by Gasteiger charge is 2.18. The average Bonchev–Trinajstić information content (AvgIpc) is 2.26. The van der Waals surface area contributed by atoms with Gasteiger partial charge in [0, 0.05) is 11.1 Å². The molecular formula is C13H17NO4S. The van der Waals surface area contributed by atoms with Gasteiger partial charge in [-0.05, 0) is 39.0 Å². The molecular weight excluding hydrogens is 266 g/mol. The molecule has 0 saturated heterocycles. The summed E-state index contributed by atoms with van der Waals surface area (Å²) in [6.07, 6.45) is 0. The lowest BCUT2D eigenvalue weighted by molar-refractivity contribution is 0.00695. The van der Waals surface area contributed by atoms with Crippen LogP contribution in [-0.4, -0.2) is 20.0 Å². The number of anilines is 1. The molecule has 0 unspecified atom stereocenters. The van der Waals surface area contributed by atoms with Crippen molar-refractivity contribution in [2.24, 2.45) is 0 Å². The van der Waals surface area contributed by atoms with Gasteiger partial charge in [-0.1, -0.05) is 12.6 Å². The van der Waals surface area contributed by atoms with Crippen LogP contribution >= 0.6 is 0 Å². The van der Waals surface area contributed by atoms with Crippen molar-refractivity contribution in [1.29, 1.82) is 0 Å². The highest BCUT2D eigenvalue weighted by molar-refractivity contribution is 7.95. The Bertz CT molecular complexity index is 585. The van der Waals surface area contributed by atoms with Gasteiger partial charge in [-0.25, -0.2) is 13.2 Å². The molecule has 0 fully saturated rings. The molecule has 6 heteroatoms. The van der Waals surface area contributed by atoms with E-state index in [0.29, 0.717) is 0 Å². The summed E-state index contributed by atoms with van der Waals surface area (Å²) in [5, 5.41) is 0.799. The summed E-state index contributed by atoms with van der Waals surface area (Å²) in [5.74, 6) is -0.507. The van der Waals surface area contributed by atoms with Crippen molar-refractivity contribution < 1.29 is 17.9 Å². The molecule has 0 aliphatic rings. The standard InChI is InChI=1S/C13H17NO4S/c1-5-19(16,17)14-11-8-6-7-10(9-11)12(15)18-13(2,3)4/h5-9,14H,1H2,2-4H3. The van der Waals surface area contributed by atoms with E-state index >= 15 is 0 Å². The number of carbonyl (C=O) groups excluding carboxylic acids is 1. The van der Waals surface area contributed by atoms with E-state index in [2.05, 4.69) is 11.3 Å². The van der Waals surface area contributed by atoms with Crippen LogP contribution in [0.4, 0.5) is 5.69 Å². The van der Waals surface area contributed by atoms with Crippen LogP contribution in [0.3, 0.4) is 0 Å². The van der Waals surface area contributed by atoms with Gasteiger partial charge in [-0.2, -0.15) is 0 Å². The highest BCUT2D eigenvalue weighted by atomic mass is 32.2. The van der Waals surface area contributed by atoms with E-state index in [-0.39, 0.29) is 11.3 Å². The summed E-state index contributed by atoms with van der Waals surface area (Å²) in [4.78, 5) is 11.8. The maximum Gasteiger partial charge on any atom is 0.338 e. The maximum atomic E-state index is 11.8. The summed E-state index contributed by atoms with van der Waals surface area (Å²) in [5.41, 5.74) is -0.0456. The Labute approximate surface area is 113 Å². The molecule has 0 aliphatic carbocycles. The number of hydrogen-bond donors (Lipinski definition) is 1. The van der Waals surface area contributed by atoms with E-state index in [0.717, 1.165) is 5.41 Å². The summed E-state index contributed by atoms with van der Waals surface area (Å²) < 4.78 is 30.1. The fraction of sp³-hybridized carbons (Fsp3) is 0.308. The number of esters is 1. The number of sulfonamides is 1. The fourth-order valence-corrected chi connectivity index (χ4v) is 1.79. The Kier molecular flexibility index (Phi) is 4.36. The monoisotopic (exact) mass is 283 g/mol. The van der Waals surface area contributed by atoms with E-state index in [9.17, 15) is 13.2 Å². The molecule has 0 heterocycles. The van der Waals surface area contributed by atoms with Gasteiger partial charge in [-0.15, -0.1) is 0 Å². The normalized spacial score (nSPS) is 11.7. The molecule has 0 bridgehead atoms. The van der Waals surface area contributed by atoms with E-state index in [1.807, 2.05) is 0 Å². The van der Waals surface area contributed by atoms with E-state index < -0.39 is 21.6 Å². The van der Waals surface area contributed by atoms with Crippen LogP contribution in [-0.2, 0) is 14.8 Å². The smallest absolute Gasteiger partial charge is 0.338 e. The minimum Gasteiger partial charge on any atom is -0.456 e. The SMILES string of the molecule is C=CS(=O)(=O)Nc1cccc(C(=O)OC(C)(C)C)c1. The number of rotatable bonds is 4. The first kappa shape index (κ1) is 15.2. The molecule has 1 rings (SSSR count). The van der Waals surface area contributed by atoms with Crippen molar-refractivity contribution in [2.75, 3.05) is 4.72 Å². The van der Waals surface area contributed by atoms with Crippen molar-refractivity contribution in [2.45, 2.75) is 26.4 Å². The summed E-state index contributed by atoms with van der Waals surface area (Å²) in [6.45, 7) is 8.47. The van der Waals surface area contributed by atoms with Gasteiger partial charge in [0.2, 0.25) is 0 Å². The molecule has 19 heavy (non-hydrogen) atoms. The lowest BCUT2D eigenvalue weighted by Crippen LogP contribution is -2.24. The van der Waals surface area contributed by atoms with Crippen LogP contribution in [0.25, 0.3) is 0 Å². The quantitative estimate of drug-likeness (QED) is 0.862. The second-order valence-corrected chi connectivity index (χ2v) is 6.52. The van der Waals surface area contributed by atoms with Crippen LogP contribution in [0.1, 0.15) is 31.1 Å². The molecule has 1 N–H and O–H groups in total. The van der Waals surface area contributed by atoms with Gasteiger partial charge >= 0.3 is 5.97 Å². The van der Waals surface area contributed by atoms with Crippen molar-refractivity contribution in [1.82, 2.24) is 0 Å². The topological polar surface area (TPSA) is 72.5 Å². The molecule has 0 radical (unpaired) electrons. The number of carbonyl (C=O) groups is 1. The molecule has 104 valence electrons. The molecule has 1 aromatic carbocycles. The molecule has 0 atom stereocenters. The predicted octanol–water partition coefficient (Wildman–Crippen LogP) is 2.53. The van der Waals surface area contributed by atoms with Gasteiger partial charge in [0.15, 0.2) is 0 Å². The molecule has 0 amide bonds. The minimum absolute atomic E-state index is 0.277. The first-order chi connectivity index (χ1) is 8.63. The van der Waals surface area contributed by atoms with Crippen LogP contribution in [0.5, 0.6) is 0 Å². The van der Waals surface area contributed by atoms with Crippen molar-refractivity contribution in [3.8, 4) is 0 Å². The Morgan fingerprint density at radius 1 is 1.37 bits per heavy atom. The average molecular weight is 283 g/mol. The number of benzene rings is 1. The van der Waals surface area contributed by atoms with E-state index in [1.165, 1.54) is 12.1 Å². The van der Waals surface area contributed by atoms with Crippen LogP contribution in [0.2, 0.25) is 0 Å². The van der Waals surface area contributed by atoms with Gasteiger partial charge in [-0.3, -0.25) is 4.72 Å². The molecule has 0 aromatic heterocycles. The summed E-state index contributed by atoms with van der Waals surface area (Å²) in [6, 6.07) is 6.07. The van der Waals surface area contributed by atoms with Crippen molar-refractivity contribution in [3.05, 3.63) is 41.8 Å². The van der Waals surface area contributed by atoms with Gasteiger partial charge in [0.05, 0.1) is 5.56 Å². The third-order valence-corrected chi connectivity index (χ3v) is 2.94. The maximum absolute atomic E-state index is 11.8. The second-order valence-electron chi connectivity index (χ2n) is 4.90. The van der Waals surface area contributed by atoms with Crippen LogP contribution in [0.15, 0.2) is 36.3 Å². The Hall–Kier alpha value is -1.82. The molecule has 5 nitrogen and oxygen atoms in total. The van der Waals surface area contributed by atoms with Gasteiger partial charge in [0.1, 0.15) is 5.60 Å². The zero-order valence-corrected chi connectivity index (χ0v) is 12.0. The van der Waals surface area contributed by atoms with E-state index in [1.54, 1.807) is 32.9 Å². The third kappa shape index (κ3) is 5.13. The highest BCUT2D eigenvalue weighted by Crippen LogP contribution is 2.16. The number of hydrogen-bond acceptors (Lipinski definition) is 4. The van der Waals surface area contributed by atoms with Crippen LogP contribution < -0.4 is 4.72 Å². The Morgan fingerprint density at radius 2 is 2.00 bits per heavy atom. The lowest BCUT2D eigenvalue weighted by Gasteiger charge is -2.19. The fourth-order valence-electron chi connectivity index (χ4n) is 1.25.